The maximum Gasteiger partial charge on any atom is 0.264 e. The Morgan fingerprint density at radius 3 is 2.20 bits per heavy atom. The number of likely N-dealkylation sites (N-methyl/N-ethyl adjacent to an activating group) is 1. The molecule has 0 aromatic heterocycles. The van der Waals surface area contributed by atoms with Crippen molar-refractivity contribution in [2.75, 3.05) is 57.2 Å². The van der Waals surface area contributed by atoms with Crippen LogP contribution in [-0.2, 0) is 0 Å². The lowest BCUT2D eigenvalue weighted by Crippen LogP contribution is -3.14. The van der Waals surface area contributed by atoms with Crippen LogP contribution in [0.1, 0.15) is 17.3 Å². The number of thiocarbonyl (C=S) groups is 1. The van der Waals surface area contributed by atoms with E-state index in [1.54, 1.807) is 23.1 Å². The zero-order valence-electron chi connectivity index (χ0n) is 17.7. The third-order valence-electron chi connectivity index (χ3n) is 5.34. The summed E-state index contributed by atoms with van der Waals surface area (Å²) in [5.41, 5.74) is 2.31. The van der Waals surface area contributed by atoms with Gasteiger partial charge in [0, 0.05) is 11.4 Å². The molecule has 0 spiro atoms. The highest BCUT2D eigenvalue weighted by Crippen LogP contribution is 2.28. The highest BCUT2D eigenvalue weighted by molar-refractivity contribution is 7.80. The lowest BCUT2D eigenvalue weighted by atomic mass is 10.1. The number of nitrogens with one attached hydrogen (secondary N) is 3. The number of ether oxygens (including phenoxy) is 2. The maximum absolute atomic E-state index is 12.7. The number of carbonyl (C=O) groups is 1. The van der Waals surface area contributed by atoms with E-state index in [4.69, 9.17) is 21.7 Å². The molecule has 7 nitrogen and oxygen atoms in total. The van der Waals surface area contributed by atoms with E-state index in [1.165, 1.54) is 39.5 Å². The van der Waals surface area contributed by atoms with E-state index in [-0.39, 0.29) is 5.11 Å². The topological polar surface area (TPSA) is 67.3 Å². The van der Waals surface area contributed by atoms with Gasteiger partial charge in [-0.1, -0.05) is 6.07 Å². The van der Waals surface area contributed by atoms with Crippen LogP contribution in [-0.4, -0.2) is 58.0 Å². The number of benzene rings is 2. The number of anilines is 2. The highest BCUT2D eigenvalue weighted by atomic mass is 32.1. The molecule has 1 heterocycles. The quantitative estimate of drug-likeness (QED) is 0.606. The molecule has 30 heavy (non-hydrogen) atoms. The number of amides is 1. The van der Waals surface area contributed by atoms with Crippen molar-refractivity contribution >= 4 is 34.6 Å². The van der Waals surface area contributed by atoms with E-state index < -0.39 is 5.91 Å². The van der Waals surface area contributed by atoms with Crippen LogP contribution in [0.4, 0.5) is 11.4 Å². The Kier molecular flexibility index (Phi) is 7.48. The van der Waals surface area contributed by atoms with Crippen LogP contribution in [0.5, 0.6) is 11.5 Å². The van der Waals surface area contributed by atoms with Gasteiger partial charge in [-0.05, 0) is 55.5 Å². The third kappa shape index (κ3) is 5.20. The number of hydrogen-bond acceptors (Lipinski definition) is 5. The van der Waals surface area contributed by atoms with Crippen molar-refractivity contribution in [1.82, 2.24) is 5.32 Å². The molecular weight excluding hydrogens is 400 g/mol. The minimum atomic E-state index is -0.394. The van der Waals surface area contributed by atoms with E-state index in [1.807, 2.05) is 12.1 Å². The van der Waals surface area contributed by atoms with Crippen LogP contribution in [0.3, 0.4) is 0 Å². The van der Waals surface area contributed by atoms with Gasteiger partial charge in [0.1, 0.15) is 17.1 Å². The first-order valence-corrected chi connectivity index (χ1v) is 10.5. The second-order valence-corrected chi connectivity index (χ2v) is 7.49. The largest absolute Gasteiger partial charge is 0.496 e. The Labute approximate surface area is 182 Å². The predicted molar refractivity (Wildman–Crippen MR) is 123 cm³/mol. The summed E-state index contributed by atoms with van der Waals surface area (Å²) in [4.78, 5) is 16.8. The molecule has 1 fully saturated rings. The van der Waals surface area contributed by atoms with Crippen molar-refractivity contribution in [3.05, 3.63) is 48.0 Å². The first-order valence-electron chi connectivity index (χ1n) is 10.1. The molecule has 8 heteroatoms. The first kappa shape index (κ1) is 21.9. The van der Waals surface area contributed by atoms with E-state index in [0.29, 0.717) is 17.1 Å². The number of quaternary nitrogens is 1. The van der Waals surface area contributed by atoms with E-state index in [9.17, 15) is 4.79 Å². The summed E-state index contributed by atoms with van der Waals surface area (Å²) in [6.45, 7) is 7.87. The molecule has 1 aliphatic rings. The molecule has 3 rings (SSSR count). The van der Waals surface area contributed by atoms with Gasteiger partial charge >= 0.3 is 0 Å². The summed E-state index contributed by atoms with van der Waals surface area (Å²) in [7, 11) is 3.01. The molecule has 0 radical (unpaired) electrons. The summed E-state index contributed by atoms with van der Waals surface area (Å²) in [6, 6.07) is 13.3. The molecule has 0 unspecified atom stereocenters. The van der Waals surface area contributed by atoms with Gasteiger partial charge in [0.2, 0.25) is 0 Å². The first-order chi connectivity index (χ1) is 14.5. The Balaban J connectivity index is 1.60. The Bertz CT molecular complexity index is 858. The SMILES string of the molecule is CC[NH+]1CCN(c2ccc(NC(=S)NC(=O)c3c(OC)cccc3OC)cc2)CC1. The van der Waals surface area contributed by atoms with Crippen LogP contribution in [0.25, 0.3) is 0 Å². The van der Waals surface area contributed by atoms with Crippen molar-refractivity contribution < 1.29 is 19.2 Å². The van der Waals surface area contributed by atoms with Crippen LogP contribution in [0.2, 0.25) is 0 Å². The molecule has 1 saturated heterocycles. The van der Waals surface area contributed by atoms with Crippen molar-refractivity contribution in [2.45, 2.75) is 6.92 Å². The van der Waals surface area contributed by atoms with Gasteiger partial charge < -0.3 is 24.6 Å². The van der Waals surface area contributed by atoms with Crippen molar-refractivity contribution in [3.8, 4) is 11.5 Å². The minimum absolute atomic E-state index is 0.209. The molecule has 1 aliphatic heterocycles. The molecular formula is C22H29N4O3S+. The Morgan fingerprint density at radius 2 is 1.67 bits per heavy atom. The molecule has 1 amide bonds. The summed E-state index contributed by atoms with van der Waals surface area (Å²) in [5, 5.41) is 5.96. The molecule has 2 aromatic rings. The fourth-order valence-electron chi connectivity index (χ4n) is 3.59. The van der Waals surface area contributed by atoms with E-state index in [2.05, 4.69) is 34.6 Å². The number of carbonyl (C=O) groups excluding carboxylic acids is 1. The molecule has 160 valence electrons. The second-order valence-electron chi connectivity index (χ2n) is 7.08. The van der Waals surface area contributed by atoms with Gasteiger partial charge in [-0.3, -0.25) is 10.1 Å². The molecule has 0 atom stereocenters. The standard InChI is InChI=1S/C22H28N4O3S/c1-4-25-12-14-26(15-13-25)17-10-8-16(9-11-17)23-22(30)24-21(27)20-18(28-2)6-5-7-19(20)29-3/h5-11H,4,12-15H2,1-3H3,(H2,23,24,27,30)/p+1. The zero-order valence-corrected chi connectivity index (χ0v) is 18.5. The number of methoxy groups -OCH3 is 2. The van der Waals surface area contributed by atoms with Crippen LogP contribution in [0.15, 0.2) is 42.5 Å². The van der Waals surface area contributed by atoms with Gasteiger partial charge in [-0.15, -0.1) is 0 Å². The van der Waals surface area contributed by atoms with Gasteiger partial charge in [0.25, 0.3) is 5.91 Å². The minimum Gasteiger partial charge on any atom is -0.496 e. The number of nitrogens with zero attached hydrogens (tertiary/aromatic N) is 1. The normalized spacial score (nSPS) is 14.2. The van der Waals surface area contributed by atoms with Crippen molar-refractivity contribution in [3.63, 3.8) is 0 Å². The van der Waals surface area contributed by atoms with Gasteiger partial charge in [0.05, 0.1) is 46.9 Å². The lowest BCUT2D eigenvalue weighted by Gasteiger charge is -2.33. The highest BCUT2D eigenvalue weighted by Gasteiger charge is 2.20. The zero-order chi connectivity index (χ0) is 21.5. The average Bonchev–Trinajstić information content (AvgIpc) is 2.78. The van der Waals surface area contributed by atoms with Gasteiger partial charge in [0.15, 0.2) is 5.11 Å². The fourth-order valence-corrected chi connectivity index (χ4v) is 3.80. The number of piperazine rings is 1. The third-order valence-corrected chi connectivity index (χ3v) is 5.55. The van der Waals surface area contributed by atoms with Crippen LogP contribution >= 0.6 is 12.2 Å². The van der Waals surface area contributed by atoms with Gasteiger partial charge in [-0.2, -0.15) is 0 Å². The van der Waals surface area contributed by atoms with Crippen molar-refractivity contribution in [1.29, 1.82) is 0 Å². The fraction of sp³-hybridized carbons (Fsp3) is 0.364. The Morgan fingerprint density at radius 1 is 1.07 bits per heavy atom. The van der Waals surface area contributed by atoms with E-state index >= 15 is 0 Å². The summed E-state index contributed by atoms with van der Waals surface area (Å²) < 4.78 is 10.6. The Hall–Kier alpha value is -2.84. The summed E-state index contributed by atoms with van der Waals surface area (Å²) in [6.07, 6.45) is 0. The van der Waals surface area contributed by atoms with Crippen LogP contribution < -0.4 is 29.9 Å². The van der Waals surface area contributed by atoms with Crippen LogP contribution in [0, 0.1) is 0 Å². The van der Waals surface area contributed by atoms with Crippen molar-refractivity contribution in [2.24, 2.45) is 0 Å². The molecule has 0 aliphatic carbocycles. The summed E-state index contributed by atoms with van der Waals surface area (Å²) >= 11 is 5.32. The molecule has 2 aromatic carbocycles. The monoisotopic (exact) mass is 429 g/mol. The summed E-state index contributed by atoms with van der Waals surface area (Å²) in [5.74, 6) is 0.447. The van der Waals surface area contributed by atoms with Gasteiger partial charge in [-0.25, -0.2) is 0 Å². The molecule has 3 N–H and O–H groups in total. The number of hydrogen-bond donors (Lipinski definition) is 3. The molecule has 0 saturated carbocycles. The van der Waals surface area contributed by atoms with E-state index in [0.717, 1.165) is 18.8 Å². The lowest BCUT2D eigenvalue weighted by molar-refractivity contribution is -0.898. The second kappa shape index (κ2) is 10.3. The number of rotatable bonds is 6. The maximum atomic E-state index is 12.7. The predicted octanol–water partition coefficient (Wildman–Crippen LogP) is 1.56. The smallest absolute Gasteiger partial charge is 0.264 e. The average molecular weight is 430 g/mol. The molecule has 0 bridgehead atoms.